The molecular formula is C5H11O7P. The Labute approximate surface area is 74.2 Å². The summed E-state index contributed by atoms with van der Waals surface area (Å²) in [5.41, 5.74) is 0. The molecule has 0 spiro atoms. The number of rotatable bonds is 5. The number of hydrogen-bond donors (Lipinski definition) is 4. The van der Waals surface area contributed by atoms with Crippen molar-refractivity contribution in [2.24, 2.45) is 0 Å². The van der Waals surface area contributed by atoms with Crippen LogP contribution in [-0.4, -0.2) is 44.6 Å². The van der Waals surface area contributed by atoms with Gasteiger partial charge in [-0.05, 0) is 6.92 Å². The molecule has 2 atom stereocenters. The second kappa shape index (κ2) is 4.80. The molecule has 0 aromatic rings. The lowest BCUT2D eigenvalue weighted by Crippen LogP contribution is -2.36. The van der Waals surface area contributed by atoms with Gasteiger partial charge in [0.25, 0.3) is 0 Å². The number of ketones is 1. The topological polar surface area (TPSA) is 124 Å². The summed E-state index contributed by atoms with van der Waals surface area (Å²) in [5.74, 6) is -0.773. The lowest BCUT2D eigenvalue weighted by Gasteiger charge is -2.18. The first-order chi connectivity index (χ1) is 5.78. The van der Waals surface area contributed by atoms with Gasteiger partial charge in [0.2, 0.25) is 0 Å². The lowest BCUT2D eigenvalue weighted by molar-refractivity contribution is -0.131. The van der Waals surface area contributed by atoms with Gasteiger partial charge in [-0.1, -0.05) is 0 Å². The normalized spacial score (nSPS) is 16.7. The van der Waals surface area contributed by atoms with E-state index in [4.69, 9.17) is 20.0 Å². The molecule has 0 heterocycles. The van der Waals surface area contributed by atoms with Gasteiger partial charge < -0.3 is 20.0 Å². The van der Waals surface area contributed by atoms with Crippen LogP contribution in [0.5, 0.6) is 0 Å². The maximum absolute atomic E-state index is 10.7. The van der Waals surface area contributed by atoms with Gasteiger partial charge >= 0.3 is 7.82 Å². The van der Waals surface area contributed by atoms with Crippen molar-refractivity contribution in [2.45, 2.75) is 19.1 Å². The average molecular weight is 214 g/mol. The van der Waals surface area contributed by atoms with Gasteiger partial charge in [0.05, 0.1) is 6.61 Å². The van der Waals surface area contributed by atoms with Crippen LogP contribution < -0.4 is 0 Å². The number of carbonyl (C=O) groups is 1. The summed E-state index contributed by atoms with van der Waals surface area (Å²) in [6.07, 6.45) is -3.34. The van der Waals surface area contributed by atoms with Crippen molar-refractivity contribution in [2.75, 3.05) is 6.61 Å². The molecule has 0 aromatic heterocycles. The number of Topliss-reactive ketones (excluding diaryl/α,β-unsaturated/α-hetero) is 1. The van der Waals surface area contributed by atoms with E-state index in [1.165, 1.54) is 0 Å². The van der Waals surface area contributed by atoms with E-state index in [2.05, 4.69) is 4.52 Å². The van der Waals surface area contributed by atoms with Crippen molar-refractivity contribution < 1.29 is 33.9 Å². The molecule has 13 heavy (non-hydrogen) atoms. The first kappa shape index (κ1) is 12.7. The Kier molecular flexibility index (Phi) is 4.69. The first-order valence-corrected chi connectivity index (χ1v) is 4.84. The zero-order valence-corrected chi connectivity index (χ0v) is 7.72. The molecular weight excluding hydrogens is 203 g/mol. The quantitative estimate of drug-likeness (QED) is 0.406. The largest absolute Gasteiger partial charge is 0.470 e. The molecule has 0 aliphatic rings. The van der Waals surface area contributed by atoms with E-state index in [0.717, 1.165) is 6.92 Å². The minimum Gasteiger partial charge on any atom is -0.394 e. The first-order valence-electron chi connectivity index (χ1n) is 3.31. The fourth-order valence-corrected chi connectivity index (χ4v) is 1.24. The Hall–Kier alpha value is -0.300. The molecule has 0 radical (unpaired) electrons. The van der Waals surface area contributed by atoms with Gasteiger partial charge in [-0.25, -0.2) is 4.57 Å². The van der Waals surface area contributed by atoms with Crippen LogP contribution in [0, 0.1) is 0 Å². The highest BCUT2D eigenvalue weighted by Crippen LogP contribution is 2.38. The van der Waals surface area contributed by atoms with E-state index in [1.54, 1.807) is 0 Å². The fraction of sp³-hybridized carbons (Fsp3) is 0.800. The number of phosphoric ester groups is 1. The van der Waals surface area contributed by atoms with Crippen molar-refractivity contribution in [3.8, 4) is 0 Å². The predicted molar refractivity (Wildman–Crippen MR) is 40.7 cm³/mol. The molecule has 0 fully saturated rings. The van der Waals surface area contributed by atoms with E-state index >= 15 is 0 Å². The third-order valence-electron chi connectivity index (χ3n) is 1.19. The lowest BCUT2D eigenvalue weighted by atomic mass is 10.1. The maximum Gasteiger partial charge on any atom is 0.470 e. The third kappa shape index (κ3) is 5.09. The molecule has 0 rings (SSSR count). The van der Waals surface area contributed by atoms with Gasteiger partial charge in [-0.3, -0.25) is 9.32 Å². The Morgan fingerprint density at radius 3 is 2.23 bits per heavy atom. The highest BCUT2D eigenvalue weighted by molar-refractivity contribution is 7.46. The van der Waals surface area contributed by atoms with Gasteiger partial charge in [0.15, 0.2) is 11.9 Å². The molecule has 8 heteroatoms. The highest BCUT2D eigenvalue weighted by Gasteiger charge is 2.31. The molecule has 0 saturated heterocycles. The molecule has 0 amide bonds. The number of carbonyl (C=O) groups excluding carboxylic acids is 1. The van der Waals surface area contributed by atoms with Crippen LogP contribution in [0.4, 0.5) is 0 Å². The molecule has 2 unspecified atom stereocenters. The Morgan fingerprint density at radius 2 is 2.00 bits per heavy atom. The van der Waals surface area contributed by atoms with Crippen LogP contribution in [0.25, 0.3) is 0 Å². The molecule has 78 valence electrons. The van der Waals surface area contributed by atoms with E-state index in [-0.39, 0.29) is 0 Å². The second-order valence-electron chi connectivity index (χ2n) is 2.38. The van der Waals surface area contributed by atoms with E-state index in [9.17, 15) is 9.36 Å². The maximum atomic E-state index is 10.7. The summed E-state index contributed by atoms with van der Waals surface area (Å²) in [6.45, 7) is 0.170. The number of hydrogen-bond acceptors (Lipinski definition) is 5. The Balaban J connectivity index is 4.45. The standard InChI is InChI=1S/C5H11O7P/c1-3(7)5(4(8)2-6)12-13(9,10)11/h4-6,8H,2H2,1H3,(H2,9,10,11). The fourth-order valence-electron chi connectivity index (χ4n) is 0.659. The van der Waals surface area contributed by atoms with Crippen molar-refractivity contribution in [1.82, 2.24) is 0 Å². The summed E-state index contributed by atoms with van der Waals surface area (Å²) in [4.78, 5) is 27.3. The molecule has 0 saturated carbocycles. The van der Waals surface area contributed by atoms with Crippen LogP contribution in [0.2, 0.25) is 0 Å². The van der Waals surface area contributed by atoms with Gasteiger partial charge in [-0.15, -0.1) is 0 Å². The van der Waals surface area contributed by atoms with Crippen molar-refractivity contribution in [3.05, 3.63) is 0 Å². The van der Waals surface area contributed by atoms with Crippen LogP contribution in [0.15, 0.2) is 0 Å². The minimum absolute atomic E-state index is 0.773. The van der Waals surface area contributed by atoms with Crippen molar-refractivity contribution >= 4 is 13.6 Å². The smallest absolute Gasteiger partial charge is 0.394 e. The summed E-state index contributed by atoms with van der Waals surface area (Å²) >= 11 is 0. The number of aliphatic hydroxyl groups is 2. The Bertz CT molecular complexity index is 221. The predicted octanol–water partition coefficient (Wildman–Crippen LogP) is -1.59. The third-order valence-corrected chi connectivity index (χ3v) is 1.69. The monoisotopic (exact) mass is 214 g/mol. The van der Waals surface area contributed by atoms with Crippen LogP contribution in [-0.2, 0) is 13.9 Å². The minimum atomic E-state index is -4.83. The molecule has 4 N–H and O–H groups in total. The highest BCUT2D eigenvalue weighted by atomic mass is 31.2. The van der Waals surface area contributed by atoms with Gasteiger partial charge in [-0.2, -0.15) is 0 Å². The van der Waals surface area contributed by atoms with E-state index in [0.29, 0.717) is 0 Å². The average Bonchev–Trinajstić information content (AvgIpc) is 1.96. The SMILES string of the molecule is CC(=O)C(OP(=O)(O)O)C(O)CO. The summed E-state index contributed by atoms with van der Waals surface area (Å²) < 4.78 is 14.3. The zero-order valence-electron chi connectivity index (χ0n) is 6.82. The van der Waals surface area contributed by atoms with Crippen molar-refractivity contribution in [3.63, 3.8) is 0 Å². The molecule has 0 aliphatic carbocycles. The van der Waals surface area contributed by atoms with Gasteiger partial charge in [0, 0.05) is 0 Å². The van der Waals surface area contributed by atoms with E-state index in [1.807, 2.05) is 0 Å². The zero-order chi connectivity index (χ0) is 10.6. The van der Waals surface area contributed by atoms with Crippen LogP contribution in [0.3, 0.4) is 0 Å². The summed E-state index contributed by atoms with van der Waals surface area (Å²) in [5, 5.41) is 17.3. The van der Waals surface area contributed by atoms with Crippen molar-refractivity contribution in [1.29, 1.82) is 0 Å². The molecule has 0 aliphatic heterocycles. The molecule has 0 bridgehead atoms. The van der Waals surface area contributed by atoms with Gasteiger partial charge in [0.1, 0.15) is 6.10 Å². The van der Waals surface area contributed by atoms with Crippen LogP contribution in [0.1, 0.15) is 6.92 Å². The molecule has 7 nitrogen and oxygen atoms in total. The van der Waals surface area contributed by atoms with E-state index < -0.39 is 32.4 Å². The second-order valence-corrected chi connectivity index (χ2v) is 3.57. The summed E-state index contributed by atoms with van der Waals surface area (Å²) in [7, 11) is -4.83. The number of phosphoric acid groups is 1. The summed E-state index contributed by atoms with van der Waals surface area (Å²) in [6, 6.07) is 0. The Morgan fingerprint density at radius 1 is 1.54 bits per heavy atom. The number of aliphatic hydroxyl groups excluding tert-OH is 2. The molecule has 0 aromatic carbocycles. The van der Waals surface area contributed by atoms with Crippen LogP contribution >= 0.6 is 7.82 Å².